The van der Waals surface area contributed by atoms with Crippen LogP contribution in [-0.2, 0) is 11.4 Å². The monoisotopic (exact) mass is 418 g/mol. The smallest absolute Gasteiger partial charge is 0.264 e. The number of aliphatic hydroxyl groups is 1. The number of carbonyl (C=O) groups excluding carboxylic acids is 1. The lowest BCUT2D eigenvalue weighted by Gasteiger charge is -2.01. The number of nitrogens with zero attached hydrogens (tertiary/aromatic N) is 2. The van der Waals surface area contributed by atoms with Crippen LogP contribution in [0, 0.1) is 0 Å². The number of thioether (sulfide) groups is 1. The minimum Gasteiger partial charge on any atom is -0.388 e. The Morgan fingerprint density at radius 3 is 2.74 bits per heavy atom. The van der Waals surface area contributed by atoms with Crippen molar-refractivity contribution in [3.05, 3.63) is 62.7 Å². The molecule has 136 valence electrons. The molecule has 1 saturated heterocycles. The molecule has 1 fully saturated rings. The van der Waals surface area contributed by atoms with Crippen molar-refractivity contribution >= 4 is 68.8 Å². The predicted molar refractivity (Wildman–Crippen MR) is 109 cm³/mol. The molecular weight excluding hydrogens is 407 g/mol. The molecule has 2 heterocycles. The number of halogens is 2. The standard InChI is InChI=1S/C18H12Cl2N4O2S/c19-10-2-1-3-11(20)16(10)23-18-24-17(26)14(27-18)7-9-4-5-12-13(6-9)22-15(8-25)21-12/h1-7,25H,8H2,(H,21,22)(H,23,24,26). The van der Waals surface area contributed by atoms with Gasteiger partial charge in [-0.25, -0.2) is 9.98 Å². The number of H-pyrrole nitrogens is 1. The number of amides is 1. The molecule has 3 aromatic rings. The molecule has 9 heteroatoms. The van der Waals surface area contributed by atoms with Crippen LogP contribution in [0.4, 0.5) is 5.69 Å². The third-order valence-electron chi connectivity index (χ3n) is 3.81. The number of aromatic nitrogens is 2. The van der Waals surface area contributed by atoms with Crippen molar-refractivity contribution in [2.75, 3.05) is 0 Å². The van der Waals surface area contributed by atoms with Crippen molar-refractivity contribution in [1.29, 1.82) is 0 Å². The van der Waals surface area contributed by atoms with E-state index in [-0.39, 0.29) is 12.5 Å². The van der Waals surface area contributed by atoms with Gasteiger partial charge in [-0.3, -0.25) is 4.79 Å². The van der Waals surface area contributed by atoms with Crippen LogP contribution < -0.4 is 5.32 Å². The number of benzene rings is 2. The first-order valence-electron chi connectivity index (χ1n) is 7.86. The molecule has 0 spiro atoms. The molecule has 0 bridgehead atoms. The second-order valence-electron chi connectivity index (χ2n) is 5.67. The van der Waals surface area contributed by atoms with E-state index in [0.29, 0.717) is 37.1 Å². The number of imidazole rings is 1. The summed E-state index contributed by atoms with van der Waals surface area (Å²) >= 11 is 13.5. The average molecular weight is 419 g/mol. The third-order valence-corrected chi connectivity index (χ3v) is 5.33. The third kappa shape index (κ3) is 3.72. The summed E-state index contributed by atoms with van der Waals surface area (Å²) in [7, 11) is 0. The summed E-state index contributed by atoms with van der Waals surface area (Å²) < 4.78 is 0. The van der Waals surface area contributed by atoms with Crippen LogP contribution in [0.5, 0.6) is 0 Å². The van der Waals surface area contributed by atoms with Gasteiger partial charge in [-0.15, -0.1) is 0 Å². The van der Waals surface area contributed by atoms with E-state index < -0.39 is 0 Å². The number of para-hydroxylation sites is 1. The Morgan fingerprint density at radius 1 is 1.22 bits per heavy atom. The first-order chi connectivity index (χ1) is 13.0. The fraction of sp³-hybridized carbons (Fsp3) is 0.0556. The quantitative estimate of drug-likeness (QED) is 0.554. The summed E-state index contributed by atoms with van der Waals surface area (Å²) in [6.07, 6.45) is 1.75. The zero-order valence-corrected chi connectivity index (χ0v) is 16.0. The number of carbonyl (C=O) groups is 1. The van der Waals surface area contributed by atoms with Gasteiger partial charge in [0.2, 0.25) is 0 Å². The minimum absolute atomic E-state index is 0.159. The number of hydrogen-bond acceptors (Lipinski definition) is 5. The van der Waals surface area contributed by atoms with Gasteiger partial charge in [0.25, 0.3) is 5.91 Å². The summed E-state index contributed by atoms with van der Waals surface area (Å²) in [6, 6.07) is 10.7. The number of amidine groups is 1. The summed E-state index contributed by atoms with van der Waals surface area (Å²) in [5.74, 6) is 0.244. The fourth-order valence-electron chi connectivity index (χ4n) is 2.57. The van der Waals surface area contributed by atoms with Crippen LogP contribution in [0.1, 0.15) is 11.4 Å². The van der Waals surface area contributed by atoms with E-state index in [1.54, 1.807) is 24.3 Å². The molecule has 0 unspecified atom stereocenters. The van der Waals surface area contributed by atoms with Gasteiger partial charge in [0, 0.05) is 0 Å². The number of aliphatic imine (C=N–C) groups is 1. The van der Waals surface area contributed by atoms with Gasteiger partial charge in [-0.1, -0.05) is 35.3 Å². The molecule has 1 aliphatic heterocycles. The summed E-state index contributed by atoms with van der Waals surface area (Å²) in [6.45, 7) is -0.159. The molecule has 4 rings (SSSR count). The maximum Gasteiger partial charge on any atom is 0.264 e. The highest BCUT2D eigenvalue weighted by atomic mass is 35.5. The Bertz CT molecular complexity index is 1100. The van der Waals surface area contributed by atoms with Crippen LogP contribution >= 0.6 is 35.0 Å². The Labute approximate surface area is 168 Å². The topological polar surface area (TPSA) is 90.4 Å². The number of aromatic amines is 1. The number of nitrogens with one attached hydrogen (secondary N) is 2. The number of hydrogen-bond donors (Lipinski definition) is 3. The average Bonchev–Trinajstić information content (AvgIpc) is 3.21. The maximum absolute atomic E-state index is 12.3. The molecule has 2 aromatic carbocycles. The molecule has 0 radical (unpaired) electrons. The van der Waals surface area contributed by atoms with E-state index in [4.69, 9.17) is 28.3 Å². The van der Waals surface area contributed by atoms with E-state index in [1.807, 2.05) is 18.2 Å². The van der Waals surface area contributed by atoms with Crippen molar-refractivity contribution in [3.8, 4) is 0 Å². The molecule has 1 aliphatic rings. The minimum atomic E-state index is -0.250. The summed E-state index contributed by atoms with van der Waals surface area (Å²) in [5, 5.41) is 13.1. The molecule has 0 saturated carbocycles. The van der Waals surface area contributed by atoms with Crippen molar-refractivity contribution in [3.63, 3.8) is 0 Å². The van der Waals surface area contributed by atoms with Crippen molar-refractivity contribution in [1.82, 2.24) is 15.3 Å². The molecule has 6 nitrogen and oxygen atoms in total. The molecule has 1 aromatic heterocycles. The van der Waals surface area contributed by atoms with Crippen LogP contribution in [0.2, 0.25) is 10.0 Å². The number of fused-ring (bicyclic) bond motifs is 1. The van der Waals surface area contributed by atoms with E-state index >= 15 is 0 Å². The number of aliphatic hydroxyl groups excluding tert-OH is 1. The molecule has 0 atom stereocenters. The van der Waals surface area contributed by atoms with E-state index in [1.165, 1.54) is 11.8 Å². The van der Waals surface area contributed by atoms with Gasteiger partial charge >= 0.3 is 0 Å². The van der Waals surface area contributed by atoms with E-state index in [9.17, 15) is 4.79 Å². The van der Waals surface area contributed by atoms with Gasteiger partial charge in [-0.2, -0.15) is 0 Å². The Kier molecular flexibility index (Phi) is 4.92. The Balaban J connectivity index is 1.63. The van der Waals surface area contributed by atoms with Crippen LogP contribution in [0.25, 0.3) is 17.1 Å². The van der Waals surface area contributed by atoms with E-state index in [2.05, 4.69) is 20.3 Å². The lowest BCUT2D eigenvalue weighted by atomic mass is 10.2. The highest BCUT2D eigenvalue weighted by molar-refractivity contribution is 8.18. The fourth-order valence-corrected chi connectivity index (χ4v) is 3.88. The summed E-state index contributed by atoms with van der Waals surface area (Å²) in [4.78, 5) is 24.4. The van der Waals surface area contributed by atoms with Gasteiger partial charge in [-0.05, 0) is 47.7 Å². The normalized spacial score (nSPS) is 17.2. The molecule has 0 aliphatic carbocycles. The highest BCUT2D eigenvalue weighted by Crippen LogP contribution is 2.35. The first-order valence-corrected chi connectivity index (χ1v) is 9.44. The zero-order chi connectivity index (χ0) is 19.0. The van der Waals surface area contributed by atoms with Crippen LogP contribution in [0.15, 0.2) is 46.3 Å². The van der Waals surface area contributed by atoms with Crippen molar-refractivity contribution in [2.24, 2.45) is 4.99 Å². The maximum atomic E-state index is 12.3. The number of rotatable bonds is 3. The van der Waals surface area contributed by atoms with Crippen LogP contribution in [-0.4, -0.2) is 26.1 Å². The Hall–Kier alpha value is -2.32. The van der Waals surface area contributed by atoms with Gasteiger partial charge in [0.05, 0.1) is 26.0 Å². The van der Waals surface area contributed by atoms with Crippen molar-refractivity contribution in [2.45, 2.75) is 6.61 Å². The lowest BCUT2D eigenvalue weighted by molar-refractivity contribution is -0.115. The largest absolute Gasteiger partial charge is 0.388 e. The molecule has 1 amide bonds. The summed E-state index contributed by atoms with van der Waals surface area (Å²) in [5.41, 5.74) is 2.77. The second-order valence-corrected chi connectivity index (χ2v) is 7.52. The molecular formula is C18H12Cl2N4O2S. The molecule has 27 heavy (non-hydrogen) atoms. The van der Waals surface area contributed by atoms with Crippen LogP contribution in [0.3, 0.4) is 0 Å². The van der Waals surface area contributed by atoms with Crippen molar-refractivity contribution < 1.29 is 9.90 Å². The first kappa shape index (κ1) is 18.1. The van der Waals surface area contributed by atoms with Gasteiger partial charge < -0.3 is 15.4 Å². The molecule has 3 N–H and O–H groups in total. The van der Waals surface area contributed by atoms with E-state index in [0.717, 1.165) is 11.1 Å². The Morgan fingerprint density at radius 2 is 2.00 bits per heavy atom. The SMILES string of the molecule is O=C1NC(=Nc2c(Cl)cccc2Cl)SC1=Cc1ccc2[nH]c(CO)nc2c1. The second kappa shape index (κ2) is 7.36. The van der Waals surface area contributed by atoms with Gasteiger partial charge in [0.1, 0.15) is 18.1 Å². The van der Waals surface area contributed by atoms with Gasteiger partial charge in [0.15, 0.2) is 5.17 Å². The zero-order valence-electron chi connectivity index (χ0n) is 13.7. The predicted octanol–water partition coefficient (Wildman–Crippen LogP) is 4.25. The lowest BCUT2D eigenvalue weighted by Crippen LogP contribution is -2.19. The highest BCUT2D eigenvalue weighted by Gasteiger charge is 2.24.